The third-order valence-electron chi connectivity index (χ3n) is 1.30. The Morgan fingerprint density at radius 3 is 2.15 bits per heavy atom. The van der Waals surface area contributed by atoms with Gasteiger partial charge in [-0.15, -0.1) is 0 Å². The number of hydrogen-bond acceptors (Lipinski definition) is 4. The number of benzene rings is 1. The lowest BCUT2D eigenvalue weighted by Crippen LogP contribution is -2.29. The predicted molar refractivity (Wildman–Crippen MR) is 50.7 cm³/mol. The van der Waals surface area contributed by atoms with Crippen molar-refractivity contribution in [1.29, 1.82) is 0 Å². The van der Waals surface area contributed by atoms with E-state index in [1.54, 1.807) is 24.3 Å². The van der Waals surface area contributed by atoms with Crippen LogP contribution in [0.2, 0.25) is 0 Å². The largest absolute Gasteiger partial charge is 0.400 e. The molecule has 72 valence electrons. The monoisotopic (exact) mass is 183 g/mol. The van der Waals surface area contributed by atoms with Gasteiger partial charge in [-0.1, -0.05) is 0 Å². The number of hydrazine groups is 1. The van der Waals surface area contributed by atoms with Crippen LogP contribution in [0.5, 0.6) is 0 Å². The first-order chi connectivity index (χ1) is 6.24. The van der Waals surface area contributed by atoms with Crippen LogP contribution >= 0.6 is 0 Å². The lowest BCUT2D eigenvalue weighted by molar-refractivity contribution is 0.0953. The van der Waals surface area contributed by atoms with E-state index in [9.17, 15) is 4.79 Å². The Morgan fingerprint density at radius 1 is 1.31 bits per heavy atom. The summed E-state index contributed by atoms with van der Waals surface area (Å²) < 4.78 is 0. The van der Waals surface area contributed by atoms with E-state index < -0.39 is 0 Å². The molecule has 1 aromatic rings. The average molecular weight is 183 g/mol. The molecule has 6 N–H and O–H groups in total. The van der Waals surface area contributed by atoms with Crippen molar-refractivity contribution in [2.45, 2.75) is 0 Å². The number of nitrogens with two attached hydrogens (primary N) is 2. The first-order valence-corrected chi connectivity index (χ1v) is 3.55. The smallest absolute Gasteiger partial charge is 0.265 e. The van der Waals surface area contributed by atoms with Crippen LogP contribution in [0.25, 0.3) is 0 Å². The van der Waals surface area contributed by atoms with Crippen LogP contribution in [-0.2, 0) is 0 Å². The highest BCUT2D eigenvalue weighted by atomic mass is 16.2. The molecule has 0 fully saturated rings. The summed E-state index contributed by atoms with van der Waals surface area (Å²) in [6, 6.07) is 6.50. The van der Waals surface area contributed by atoms with E-state index in [1.807, 2.05) is 5.43 Å². The van der Waals surface area contributed by atoms with Crippen molar-refractivity contribution in [2.24, 2.45) is 5.84 Å². The fourth-order valence-corrected chi connectivity index (χ4v) is 0.718. The normalized spacial score (nSPS) is 8.23. The molecule has 0 aromatic heterocycles. The maximum atomic E-state index is 10.8. The lowest BCUT2D eigenvalue weighted by Gasteiger charge is -1.98. The number of carbonyl (C=O) groups is 1. The number of hydrogen-bond donors (Lipinski definition) is 4. The predicted octanol–water partition coefficient (Wildman–Crippen LogP) is -0.519. The van der Waals surface area contributed by atoms with E-state index in [2.05, 4.69) is 0 Å². The van der Waals surface area contributed by atoms with Crippen LogP contribution in [0.1, 0.15) is 10.4 Å². The van der Waals surface area contributed by atoms with Crippen LogP contribution in [0.3, 0.4) is 0 Å². The summed E-state index contributed by atoms with van der Waals surface area (Å²) in [7, 11) is 1.00. The molecule has 13 heavy (non-hydrogen) atoms. The molecule has 0 saturated carbocycles. The Labute approximate surface area is 76.3 Å². The minimum atomic E-state index is -0.315. The van der Waals surface area contributed by atoms with E-state index >= 15 is 0 Å². The van der Waals surface area contributed by atoms with Crippen molar-refractivity contribution in [3.05, 3.63) is 29.8 Å². The summed E-state index contributed by atoms with van der Waals surface area (Å²) in [6.45, 7) is 0. The molecule has 5 heteroatoms. The molecule has 0 atom stereocenters. The van der Waals surface area contributed by atoms with E-state index in [0.29, 0.717) is 11.3 Å². The summed E-state index contributed by atoms with van der Waals surface area (Å²) in [5.41, 5.74) is 8.55. The molecule has 0 bridgehead atoms. The van der Waals surface area contributed by atoms with Crippen molar-refractivity contribution >= 4 is 11.6 Å². The quantitative estimate of drug-likeness (QED) is 0.204. The molecule has 1 aromatic carbocycles. The second-order valence-corrected chi connectivity index (χ2v) is 2.10. The number of aliphatic hydroxyl groups excluding tert-OH is 1. The van der Waals surface area contributed by atoms with Crippen LogP contribution in [0, 0.1) is 0 Å². The molecule has 0 aliphatic carbocycles. The van der Waals surface area contributed by atoms with Gasteiger partial charge >= 0.3 is 0 Å². The highest BCUT2D eigenvalue weighted by Gasteiger charge is 2.00. The van der Waals surface area contributed by atoms with E-state index in [4.69, 9.17) is 16.7 Å². The van der Waals surface area contributed by atoms with Gasteiger partial charge in [-0.2, -0.15) is 0 Å². The molecule has 5 nitrogen and oxygen atoms in total. The summed E-state index contributed by atoms with van der Waals surface area (Å²) in [4.78, 5) is 10.8. The fourth-order valence-electron chi connectivity index (χ4n) is 0.718. The second-order valence-electron chi connectivity index (χ2n) is 2.10. The Balaban J connectivity index is 0.000000671. The topological polar surface area (TPSA) is 101 Å². The van der Waals surface area contributed by atoms with Gasteiger partial charge in [0.2, 0.25) is 0 Å². The van der Waals surface area contributed by atoms with Gasteiger partial charge in [0, 0.05) is 18.4 Å². The fraction of sp³-hybridized carbons (Fsp3) is 0.125. The third kappa shape index (κ3) is 3.55. The van der Waals surface area contributed by atoms with Gasteiger partial charge in [0.1, 0.15) is 0 Å². The van der Waals surface area contributed by atoms with Crippen LogP contribution in [-0.4, -0.2) is 18.1 Å². The number of amides is 1. The molecule has 0 saturated heterocycles. The Kier molecular flexibility index (Phi) is 5.25. The minimum Gasteiger partial charge on any atom is -0.400 e. The van der Waals surface area contributed by atoms with Crippen molar-refractivity contribution in [1.82, 2.24) is 5.43 Å². The van der Waals surface area contributed by atoms with E-state index in [0.717, 1.165) is 7.11 Å². The van der Waals surface area contributed by atoms with Gasteiger partial charge in [-0.05, 0) is 24.3 Å². The minimum absolute atomic E-state index is 0.315. The number of nitrogens with one attached hydrogen (secondary N) is 1. The second kappa shape index (κ2) is 5.99. The Hall–Kier alpha value is -1.59. The van der Waals surface area contributed by atoms with Crippen molar-refractivity contribution in [2.75, 3.05) is 12.8 Å². The van der Waals surface area contributed by atoms with Gasteiger partial charge in [0.05, 0.1) is 0 Å². The molecule has 1 amide bonds. The van der Waals surface area contributed by atoms with Gasteiger partial charge in [-0.25, -0.2) is 5.84 Å². The van der Waals surface area contributed by atoms with Gasteiger partial charge in [-0.3, -0.25) is 10.2 Å². The van der Waals surface area contributed by atoms with Gasteiger partial charge in [0.25, 0.3) is 5.91 Å². The molecule has 0 heterocycles. The summed E-state index contributed by atoms with van der Waals surface area (Å²) in [5, 5.41) is 7.00. The summed E-state index contributed by atoms with van der Waals surface area (Å²) in [6.07, 6.45) is 0. The number of anilines is 1. The Bertz CT molecular complexity index is 259. The lowest BCUT2D eigenvalue weighted by atomic mass is 10.2. The van der Waals surface area contributed by atoms with Crippen molar-refractivity contribution < 1.29 is 9.90 Å². The Morgan fingerprint density at radius 2 is 1.77 bits per heavy atom. The van der Waals surface area contributed by atoms with Crippen LogP contribution in [0.4, 0.5) is 5.69 Å². The maximum Gasteiger partial charge on any atom is 0.265 e. The molecule has 0 spiro atoms. The molecule has 0 radical (unpaired) electrons. The molecule has 0 aliphatic heterocycles. The average Bonchev–Trinajstić information content (AvgIpc) is 2.21. The van der Waals surface area contributed by atoms with Crippen molar-refractivity contribution in [3.8, 4) is 0 Å². The van der Waals surface area contributed by atoms with E-state index in [1.165, 1.54) is 0 Å². The van der Waals surface area contributed by atoms with Gasteiger partial charge < -0.3 is 10.8 Å². The van der Waals surface area contributed by atoms with Gasteiger partial charge in [0.15, 0.2) is 0 Å². The SMILES string of the molecule is CO.NNC(=O)c1ccc(N)cc1. The van der Waals surface area contributed by atoms with Crippen LogP contribution in [0.15, 0.2) is 24.3 Å². The zero-order chi connectivity index (χ0) is 10.3. The molecular weight excluding hydrogens is 170 g/mol. The summed E-state index contributed by atoms with van der Waals surface area (Å²) in [5.74, 6) is 4.60. The zero-order valence-corrected chi connectivity index (χ0v) is 7.32. The molecule has 0 unspecified atom stereocenters. The number of carbonyl (C=O) groups excluding carboxylic acids is 1. The van der Waals surface area contributed by atoms with Crippen molar-refractivity contribution in [3.63, 3.8) is 0 Å². The standard InChI is InChI=1S/C7H9N3O.CH4O/c8-6-3-1-5(2-4-6)7(11)10-9;1-2/h1-4H,8-9H2,(H,10,11);2H,1H3. The maximum absolute atomic E-state index is 10.8. The molecular formula is C8H13N3O2. The highest BCUT2D eigenvalue weighted by Crippen LogP contribution is 2.04. The first-order valence-electron chi connectivity index (χ1n) is 3.55. The zero-order valence-electron chi connectivity index (χ0n) is 7.32. The first kappa shape index (κ1) is 11.4. The third-order valence-corrected chi connectivity index (χ3v) is 1.30. The number of rotatable bonds is 1. The molecule has 1 rings (SSSR count). The summed E-state index contributed by atoms with van der Waals surface area (Å²) >= 11 is 0. The van der Waals surface area contributed by atoms with E-state index in [-0.39, 0.29) is 5.91 Å². The number of nitrogen functional groups attached to an aromatic ring is 2. The molecule has 0 aliphatic rings. The number of aliphatic hydroxyl groups is 1. The van der Waals surface area contributed by atoms with Crippen LogP contribution < -0.4 is 17.0 Å². The highest BCUT2D eigenvalue weighted by molar-refractivity contribution is 5.93.